The number of nitrogens with zero attached hydrogens (tertiary/aromatic N) is 1. The fourth-order valence-corrected chi connectivity index (χ4v) is 1.40. The van der Waals surface area contributed by atoms with Gasteiger partial charge in [0.25, 0.3) is 0 Å². The quantitative estimate of drug-likeness (QED) is 0.601. The molecule has 0 radical (unpaired) electrons. The van der Waals surface area contributed by atoms with Crippen LogP contribution in [0.3, 0.4) is 0 Å². The highest BCUT2D eigenvalue weighted by atomic mass is 31.1. The van der Waals surface area contributed by atoms with Crippen LogP contribution < -0.4 is 5.30 Å². The molecule has 1 rings (SSSR count). The van der Waals surface area contributed by atoms with Gasteiger partial charge in [-0.15, -0.1) is 0 Å². The highest BCUT2D eigenvalue weighted by molar-refractivity contribution is 7.47. The molecule has 1 nitrogen and oxygen atoms in total. The van der Waals surface area contributed by atoms with E-state index in [1.54, 1.807) is 0 Å². The first kappa shape index (κ1) is 8.45. The predicted molar refractivity (Wildman–Crippen MR) is 52.7 cm³/mol. The normalized spacial score (nSPS) is 11.2. The maximum absolute atomic E-state index is 2.13. The van der Waals surface area contributed by atoms with Gasteiger partial charge in [-0.3, -0.25) is 4.90 Å². The third-order valence-corrected chi connectivity index (χ3v) is 2.37. The Labute approximate surface area is 69.5 Å². The molecule has 1 aromatic carbocycles. The van der Waals surface area contributed by atoms with Crippen LogP contribution >= 0.6 is 8.20 Å². The van der Waals surface area contributed by atoms with Crippen LogP contribution in [0.15, 0.2) is 30.3 Å². The minimum Gasteiger partial charge on any atom is -0.283 e. The molecule has 0 amide bonds. The monoisotopic (exact) mass is 165 g/mol. The zero-order chi connectivity index (χ0) is 8.10. The Morgan fingerprint density at radius 1 is 1.18 bits per heavy atom. The van der Waals surface area contributed by atoms with E-state index in [4.69, 9.17) is 0 Å². The van der Waals surface area contributed by atoms with Crippen LogP contribution in [0.2, 0.25) is 0 Å². The van der Waals surface area contributed by atoms with Crippen LogP contribution in [0.5, 0.6) is 0 Å². The van der Waals surface area contributed by atoms with Crippen LogP contribution in [-0.2, 0) is 0 Å². The number of rotatable bonds is 2. The lowest BCUT2D eigenvalue weighted by Gasteiger charge is -1.98. The van der Waals surface area contributed by atoms with Gasteiger partial charge in [0.2, 0.25) is 0 Å². The standard InChI is InChI=1S/C9H12NP/c1-10(2)8-11-9-6-4-3-5-7-9/h3-8H,1-2H3. The number of benzene rings is 1. The molecule has 0 fully saturated rings. The Hall–Kier alpha value is -0.650. The van der Waals surface area contributed by atoms with Crippen molar-refractivity contribution in [2.45, 2.75) is 0 Å². The molecule has 0 spiro atoms. The molecule has 0 N–H and O–H groups in total. The van der Waals surface area contributed by atoms with Crippen molar-refractivity contribution in [1.29, 1.82) is 0 Å². The Morgan fingerprint density at radius 2 is 1.82 bits per heavy atom. The van der Waals surface area contributed by atoms with Gasteiger partial charge in [0.05, 0.1) is 0 Å². The molecule has 0 aromatic heterocycles. The summed E-state index contributed by atoms with van der Waals surface area (Å²) in [4.78, 5) is 2.06. The minimum atomic E-state index is 1.26. The van der Waals surface area contributed by atoms with Gasteiger partial charge in [-0.1, -0.05) is 38.5 Å². The molecule has 0 aliphatic carbocycles. The molecule has 1 aromatic rings. The van der Waals surface area contributed by atoms with Crippen molar-refractivity contribution in [1.82, 2.24) is 4.90 Å². The van der Waals surface area contributed by atoms with Crippen molar-refractivity contribution in [3.05, 3.63) is 30.3 Å². The molecule has 0 aliphatic heterocycles. The lowest BCUT2D eigenvalue weighted by atomic mass is 10.4. The summed E-state index contributed by atoms with van der Waals surface area (Å²) in [5.74, 6) is 2.13. The fraction of sp³-hybridized carbons (Fsp3) is 0.222. The zero-order valence-corrected chi connectivity index (χ0v) is 7.75. The SMILES string of the molecule is CN(C)C=Pc1ccccc1. The van der Waals surface area contributed by atoms with E-state index < -0.39 is 0 Å². The second-order valence-electron chi connectivity index (χ2n) is 2.54. The summed E-state index contributed by atoms with van der Waals surface area (Å²) in [6.45, 7) is 0. The molecular formula is C9H12NP. The van der Waals surface area contributed by atoms with Crippen molar-refractivity contribution in [3.63, 3.8) is 0 Å². The highest BCUT2D eigenvalue weighted by Crippen LogP contribution is 1.95. The van der Waals surface area contributed by atoms with Crippen LogP contribution in [0.4, 0.5) is 0 Å². The predicted octanol–water partition coefficient (Wildman–Crippen LogP) is 1.58. The van der Waals surface area contributed by atoms with E-state index in [2.05, 4.69) is 35.1 Å². The highest BCUT2D eigenvalue weighted by Gasteiger charge is 1.83. The van der Waals surface area contributed by atoms with E-state index in [0.717, 1.165) is 0 Å². The Kier molecular flexibility index (Phi) is 3.28. The van der Waals surface area contributed by atoms with Crippen molar-refractivity contribution in [3.8, 4) is 0 Å². The first-order valence-electron chi connectivity index (χ1n) is 3.55. The maximum atomic E-state index is 2.13. The van der Waals surface area contributed by atoms with Crippen LogP contribution in [0.25, 0.3) is 0 Å². The Bertz CT molecular complexity index is 229. The zero-order valence-electron chi connectivity index (χ0n) is 6.86. The maximum Gasteiger partial charge on any atom is 0.00786 e. The summed E-state index contributed by atoms with van der Waals surface area (Å²) in [7, 11) is 5.33. The lowest BCUT2D eigenvalue weighted by Crippen LogP contribution is -2.06. The van der Waals surface area contributed by atoms with Gasteiger partial charge in [0, 0.05) is 11.2 Å². The average molecular weight is 165 g/mol. The van der Waals surface area contributed by atoms with E-state index in [0.29, 0.717) is 0 Å². The second-order valence-corrected chi connectivity index (χ2v) is 3.55. The lowest BCUT2D eigenvalue weighted by molar-refractivity contribution is 0.653. The first-order valence-corrected chi connectivity index (χ1v) is 4.51. The molecule has 0 heterocycles. The van der Waals surface area contributed by atoms with Crippen molar-refractivity contribution in [2.75, 3.05) is 14.1 Å². The average Bonchev–Trinajstić information content (AvgIpc) is 2.03. The van der Waals surface area contributed by atoms with Crippen molar-refractivity contribution < 1.29 is 0 Å². The molecule has 11 heavy (non-hydrogen) atoms. The first-order chi connectivity index (χ1) is 5.29. The van der Waals surface area contributed by atoms with Crippen LogP contribution in [0.1, 0.15) is 0 Å². The molecule has 2 heteroatoms. The van der Waals surface area contributed by atoms with E-state index in [1.165, 1.54) is 13.5 Å². The summed E-state index contributed by atoms with van der Waals surface area (Å²) >= 11 is 0. The van der Waals surface area contributed by atoms with E-state index >= 15 is 0 Å². The summed E-state index contributed by atoms with van der Waals surface area (Å²) < 4.78 is 0. The van der Waals surface area contributed by atoms with Gasteiger partial charge in [0.1, 0.15) is 0 Å². The van der Waals surface area contributed by atoms with Gasteiger partial charge in [-0.2, -0.15) is 0 Å². The van der Waals surface area contributed by atoms with Gasteiger partial charge >= 0.3 is 0 Å². The molecular weight excluding hydrogens is 153 g/mol. The van der Waals surface area contributed by atoms with Crippen molar-refractivity contribution in [2.24, 2.45) is 0 Å². The third kappa shape index (κ3) is 3.31. The molecule has 0 bridgehead atoms. The van der Waals surface area contributed by atoms with Crippen LogP contribution in [-0.4, -0.2) is 24.9 Å². The van der Waals surface area contributed by atoms with E-state index in [-0.39, 0.29) is 0 Å². The Balaban J connectivity index is 2.65. The third-order valence-electron chi connectivity index (χ3n) is 1.19. The van der Waals surface area contributed by atoms with E-state index in [1.807, 2.05) is 20.2 Å². The molecule has 0 saturated carbocycles. The van der Waals surface area contributed by atoms with Gasteiger partial charge in [-0.05, 0) is 14.1 Å². The number of hydrogen-bond donors (Lipinski definition) is 0. The summed E-state index contributed by atoms with van der Waals surface area (Å²) in [5.41, 5.74) is 0. The van der Waals surface area contributed by atoms with Gasteiger partial charge in [-0.25, -0.2) is 0 Å². The fourth-order valence-electron chi connectivity index (χ4n) is 0.696. The molecule has 0 saturated heterocycles. The largest absolute Gasteiger partial charge is 0.283 e. The summed E-state index contributed by atoms with van der Waals surface area (Å²) in [6.07, 6.45) is 0. The van der Waals surface area contributed by atoms with Crippen molar-refractivity contribution >= 4 is 19.4 Å². The van der Waals surface area contributed by atoms with E-state index in [9.17, 15) is 0 Å². The Morgan fingerprint density at radius 3 is 2.36 bits per heavy atom. The molecule has 58 valence electrons. The molecule has 0 atom stereocenters. The summed E-state index contributed by atoms with van der Waals surface area (Å²) in [6, 6.07) is 10.4. The topological polar surface area (TPSA) is 3.24 Å². The number of hydrogen-bond acceptors (Lipinski definition) is 0. The minimum absolute atomic E-state index is 1.26. The molecule has 0 aliphatic rings. The van der Waals surface area contributed by atoms with Gasteiger partial charge < -0.3 is 0 Å². The molecule has 0 unspecified atom stereocenters. The second kappa shape index (κ2) is 4.27. The van der Waals surface area contributed by atoms with Crippen LogP contribution in [0, 0.1) is 0 Å². The van der Waals surface area contributed by atoms with Gasteiger partial charge in [0.15, 0.2) is 0 Å². The smallest absolute Gasteiger partial charge is 0.00786 e. The summed E-state index contributed by atoms with van der Waals surface area (Å²) in [5, 5.41) is 1.33.